The minimum Gasteiger partial charge on any atom is -0.385 e. The summed E-state index contributed by atoms with van der Waals surface area (Å²) >= 11 is 1.70. The highest BCUT2D eigenvalue weighted by molar-refractivity contribution is 8.00. The third-order valence-electron chi connectivity index (χ3n) is 2.81. The number of carbonyl (C=O) groups excluding carboxylic acids is 1. The summed E-state index contributed by atoms with van der Waals surface area (Å²) in [5, 5.41) is 3.30. The standard InChI is InChI=1S/C15H23NO2S/c1-3-14(13-8-5-4-6-9-13)19-12-15(17)16-10-7-11-18-2/h4-6,8-9,14H,3,7,10-12H2,1-2H3,(H,16,17). The molecule has 1 rings (SSSR count). The number of ether oxygens (including phenoxy) is 1. The van der Waals surface area contributed by atoms with Gasteiger partial charge in [-0.1, -0.05) is 37.3 Å². The molecule has 19 heavy (non-hydrogen) atoms. The number of hydrogen-bond acceptors (Lipinski definition) is 3. The predicted octanol–water partition coefficient (Wildman–Crippen LogP) is 3.02. The van der Waals surface area contributed by atoms with Crippen LogP contribution in [0.3, 0.4) is 0 Å². The Kier molecular flexibility index (Phi) is 8.34. The molecule has 4 heteroatoms. The second kappa shape index (κ2) is 9.87. The molecule has 0 spiro atoms. The van der Waals surface area contributed by atoms with Crippen LogP contribution in [0.25, 0.3) is 0 Å². The van der Waals surface area contributed by atoms with E-state index < -0.39 is 0 Å². The highest BCUT2D eigenvalue weighted by Crippen LogP contribution is 2.31. The lowest BCUT2D eigenvalue weighted by molar-refractivity contribution is -0.118. The topological polar surface area (TPSA) is 38.3 Å². The first-order valence-electron chi connectivity index (χ1n) is 6.70. The zero-order valence-electron chi connectivity index (χ0n) is 11.7. The molecule has 1 aromatic rings. The van der Waals surface area contributed by atoms with E-state index in [1.54, 1.807) is 18.9 Å². The molecule has 0 aliphatic heterocycles. The first-order chi connectivity index (χ1) is 9.27. The van der Waals surface area contributed by atoms with Crippen molar-refractivity contribution in [2.45, 2.75) is 25.0 Å². The van der Waals surface area contributed by atoms with E-state index >= 15 is 0 Å². The first-order valence-corrected chi connectivity index (χ1v) is 7.75. The smallest absolute Gasteiger partial charge is 0.230 e. The Morgan fingerprint density at radius 1 is 1.37 bits per heavy atom. The van der Waals surface area contributed by atoms with Gasteiger partial charge >= 0.3 is 0 Å². The molecule has 0 bridgehead atoms. The summed E-state index contributed by atoms with van der Waals surface area (Å²) in [5.41, 5.74) is 1.29. The highest BCUT2D eigenvalue weighted by Gasteiger charge is 2.11. The molecule has 1 unspecified atom stereocenters. The molecule has 106 valence electrons. The zero-order chi connectivity index (χ0) is 13.9. The average molecular weight is 281 g/mol. The number of methoxy groups -OCH3 is 1. The summed E-state index contributed by atoms with van der Waals surface area (Å²) in [5.74, 6) is 0.621. The fourth-order valence-electron chi connectivity index (χ4n) is 1.79. The van der Waals surface area contributed by atoms with Gasteiger partial charge in [0.2, 0.25) is 5.91 Å². The Morgan fingerprint density at radius 3 is 2.74 bits per heavy atom. The maximum Gasteiger partial charge on any atom is 0.230 e. The molecule has 1 N–H and O–H groups in total. The van der Waals surface area contributed by atoms with Crippen molar-refractivity contribution in [1.29, 1.82) is 0 Å². The van der Waals surface area contributed by atoms with E-state index in [9.17, 15) is 4.79 Å². The quantitative estimate of drug-likeness (QED) is 0.707. The van der Waals surface area contributed by atoms with Crippen molar-refractivity contribution >= 4 is 17.7 Å². The normalized spacial score (nSPS) is 12.1. The highest BCUT2D eigenvalue weighted by atomic mass is 32.2. The van der Waals surface area contributed by atoms with Crippen molar-refractivity contribution < 1.29 is 9.53 Å². The number of amides is 1. The van der Waals surface area contributed by atoms with Crippen molar-refractivity contribution in [3.8, 4) is 0 Å². The molecule has 0 fully saturated rings. The summed E-state index contributed by atoms with van der Waals surface area (Å²) in [6, 6.07) is 10.4. The van der Waals surface area contributed by atoms with Crippen LogP contribution >= 0.6 is 11.8 Å². The Labute approximate surface area is 120 Å². The summed E-state index contributed by atoms with van der Waals surface area (Å²) in [6.45, 7) is 3.53. The van der Waals surface area contributed by atoms with Gasteiger partial charge in [-0.3, -0.25) is 4.79 Å². The largest absolute Gasteiger partial charge is 0.385 e. The van der Waals surface area contributed by atoms with E-state index in [2.05, 4.69) is 24.4 Å². The predicted molar refractivity (Wildman–Crippen MR) is 81.4 cm³/mol. The van der Waals surface area contributed by atoms with Gasteiger partial charge in [-0.2, -0.15) is 0 Å². The minimum absolute atomic E-state index is 0.107. The molecule has 1 aromatic carbocycles. The Hall–Kier alpha value is -1.00. The number of thioether (sulfide) groups is 1. The fraction of sp³-hybridized carbons (Fsp3) is 0.533. The third-order valence-corrected chi connectivity index (χ3v) is 4.24. The van der Waals surface area contributed by atoms with Gasteiger partial charge < -0.3 is 10.1 Å². The van der Waals surface area contributed by atoms with Crippen LogP contribution in [0.4, 0.5) is 0 Å². The van der Waals surface area contributed by atoms with E-state index in [1.165, 1.54) is 5.56 Å². The van der Waals surface area contributed by atoms with E-state index in [0.717, 1.165) is 12.8 Å². The van der Waals surface area contributed by atoms with E-state index in [1.807, 2.05) is 18.2 Å². The van der Waals surface area contributed by atoms with Crippen LogP contribution in [-0.2, 0) is 9.53 Å². The molecule has 1 amide bonds. The monoisotopic (exact) mass is 281 g/mol. The van der Waals surface area contributed by atoms with Gasteiger partial charge in [0, 0.05) is 25.5 Å². The van der Waals surface area contributed by atoms with Crippen LogP contribution in [0.15, 0.2) is 30.3 Å². The molecule has 0 saturated heterocycles. The van der Waals surface area contributed by atoms with E-state index in [-0.39, 0.29) is 5.91 Å². The van der Waals surface area contributed by atoms with Crippen molar-refractivity contribution in [3.05, 3.63) is 35.9 Å². The molecule has 0 aromatic heterocycles. The second-order valence-corrected chi connectivity index (χ2v) is 5.51. The zero-order valence-corrected chi connectivity index (χ0v) is 12.5. The lowest BCUT2D eigenvalue weighted by atomic mass is 10.1. The molecule has 3 nitrogen and oxygen atoms in total. The third kappa shape index (κ3) is 6.64. The Bertz CT molecular complexity index is 356. The molecule has 0 saturated carbocycles. The number of carbonyl (C=O) groups is 1. The molecule has 0 heterocycles. The van der Waals surface area contributed by atoms with Gasteiger partial charge in [0.25, 0.3) is 0 Å². The van der Waals surface area contributed by atoms with Gasteiger partial charge in [-0.15, -0.1) is 11.8 Å². The Morgan fingerprint density at radius 2 is 2.11 bits per heavy atom. The number of hydrogen-bond donors (Lipinski definition) is 1. The van der Waals surface area contributed by atoms with E-state index in [0.29, 0.717) is 24.2 Å². The van der Waals surface area contributed by atoms with Gasteiger partial charge in [-0.05, 0) is 18.4 Å². The maximum atomic E-state index is 11.7. The van der Waals surface area contributed by atoms with Gasteiger partial charge in [0.05, 0.1) is 5.75 Å². The van der Waals surface area contributed by atoms with Gasteiger partial charge in [0.1, 0.15) is 0 Å². The van der Waals surface area contributed by atoms with Gasteiger partial charge in [-0.25, -0.2) is 0 Å². The first kappa shape index (κ1) is 16.1. The molecule has 0 radical (unpaired) electrons. The van der Waals surface area contributed by atoms with Crippen LogP contribution in [-0.4, -0.2) is 31.9 Å². The van der Waals surface area contributed by atoms with E-state index in [4.69, 9.17) is 4.74 Å². The summed E-state index contributed by atoms with van der Waals surface area (Å²) in [6.07, 6.45) is 1.90. The summed E-state index contributed by atoms with van der Waals surface area (Å²) in [7, 11) is 1.67. The van der Waals surface area contributed by atoms with Crippen LogP contribution in [0, 0.1) is 0 Å². The molecule has 0 aliphatic rings. The van der Waals surface area contributed by atoms with Crippen molar-refractivity contribution in [2.75, 3.05) is 26.0 Å². The SMILES string of the molecule is CCC(SCC(=O)NCCCOC)c1ccccc1. The molecule has 1 atom stereocenters. The molecule has 0 aliphatic carbocycles. The molecular weight excluding hydrogens is 258 g/mol. The summed E-state index contributed by atoms with van der Waals surface area (Å²) in [4.78, 5) is 11.7. The van der Waals surface area contributed by atoms with Gasteiger partial charge in [0.15, 0.2) is 0 Å². The fourth-order valence-corrected chi connectivity index (χ4v) is 2.83. The lowest BCUT2D eigenvalue weighted by Crippen LogP contribution is -2.27. The van der Waals surface area contributed by atoms with Crippen LogP contribution in [0.2, 0.25) is 0 Å². The summed E-state index contributed by atoms with van der Waals surface area (Å²) < 4.78 is 4.94. The number of nitrogens with one attached hydrogen (secondary N) is 1. The van der Waals surface area contributed by atoms with Crippen molar-refractivity contribution in [1.82, 2.24) is 5.32 Å². The van der Waals surface area contributed by atoms with Crippen LogP contribution < -0.4 is 5.32 Å². The van der Waals surface area contributed by atoms with Crippen LogP contribution in [0.5, 0.6) is 0 Å². The van der Waals surface area contributed by atoms with Crippen molar-refractivity contribution in [2.24, 2.45) is 0 Å². The second-order valence-electron chi connectivity index (χ2n) is 4.31. The number of benzene rings is 1. The Balaban J connectivity index is 2.28. The van der Waals surface area contributed by atoms with Crippen molar-refractivity contribution in [3.63, 3.8) is 0 Å². The van der Waals surface area contributed by atoms with Crippen LogP contribution in [0.1, 0.15) is 30.6 Å². The molecular formula is C15H23NO2S. The lowest BCUT2D eigenvalue weighted by Gasteiger charge is -2.14. The average Bonchev–Trinajstić information content (AvgIpc) is 2.45. The maximum absolute atomic E-state index is 11.7. The minimum atomic E-state index is 0.107. The number of rotatable bonds is 9.